The van der Waals surface area contributed by atoms with Gasteiger partial charge in [-0.1, -0.05) is 75.4 Å². The number of carbonyl (C=O) groups excluding carboxylic acids is 1. The van der Waals surface area contributed by atoms with E-state index in [0.717, 1.165) is 11.3 Å². The summed E-state index contributed by atoms with van der Waals surface area (Å²) >= 11 is 0. The van der Waals surface area contributed by atoms with Gasteiger partial charge in [0.1, 0.15) is 18.1 Å². The number of rotatable bonds is 10. The Morgan fingerprint density at radius 1 is 0.824 bits per heavy atom. The standard InChI is InChI=1S/C28H30O4.C2H6/c1-4-27(28(29)30-5-2)32-26-17-15-25(16-18-26)31-20-19-21(3)22-11-13-24(14-12-22)23-9-7-6-8-10-23;1-2/h6-19,27H,4-5,20H2,1-3H3;1-2H3/b21-19+;. The van der Waals surface area contributed by atoms with E-state index in [2.05, 4.69) is 49.4 Å². The molecule has 3 rings (SSSR count). The summed E-state index contributed by atoms with van der Waals surface area (Å²) in [5.74, 6) is 1.01. The van der Waals surface area contributed by atoms with Crippen LogP contribution in [0.2, 0.25) is 0 Å². The Morgan fingerprint density at radius 3 is 2.00 bits per heavy atom. The van der Waals surface area contributed by atoms with Crippen molar-refractivity contribution in [2.24, 2.45) is 0 Å². The smallest absolute Gasteiger partial charge is 0.347 e. The lowest BCUT2D eigenvalue weighted by molar-refractivity contribution is -0.151. The quantitative estimate of drug-likeness (QED) is 0.293. The second kappa shape index (κ2) is 14.6. The molecule has 0 N–H and O–H groups in total. The van der Waals surface area contributed by atoms with Crippen LogP contribution in [0.5, 0.6) is 11.5 Å². The Balaban J connectivity index is 0.00000199. The maximum Gasteiger partial charge on any atom is 0.347 e. The average Bonchev–Trinajstić information content (AvgIpc) is 2.90. The van der Waals surface area contributed by atoms with E-state index in [4.69, 9.17) is 14.2 Å². The fourth-order valence-corrected chi connectivity index (χ4v) is 3.25. The maximum atomic E-state index is 11.9. The van der Waals surface area contributed by atoms with Crippen molar-refractivity contribution in [3.63, 3.8) is 0 Å². The highest BCUT2D eigenvalue weighted by Crippen LogP contribution is 2.23. The minimum Gasteiger partial charge on any atom is -0.490 e. The third-order valence-corrected chi connectivity index (χ3v) is 5.11. The monoisotopic (exact) mass is 460 g/mol. The minimum absolute atomic E-state index is 0.340. The molecule has 0 heterocycles. The SMILES string of the molecule is CC.CCOC(=O)C(CC)Oc1ccc(OC/C=C(\C)c2ccc(-c3ccccc3)cc2)cc1. The highest BCUT2D eigenvalue weighted by Gasteiger charge is 2.19. The lowest BCUT2D eigenvalue weighted by Crippen LogP contribution is -2.28. The van der Waals surface area contributed by atoms with E-state index in [1.54, 1.807) is 19.1 Å². The van der Waals surface area contributed by atoms with Gasteiger partial charge >= 0.3 is 5.97 Å². The molecule has 0 saturated heterocycles. The van der Waals surface area contributed by atoms with Gasteiger partial charge in [-0.25, -0.2) is 4.79 Å². The molecule has 4 heteroatoms. The van der Waals surface area contributed by atoms with Gasteiger partial charge in [-0.2, -0.15) is 0 Å². The fraction of sp³-hybridized carbons (Fsp3) is 0.300. The van der Waals surface area contributed by atoms with Gasteiger partial charge in [0.15, 0.2) is 6.10 Å². The van der Waals surface area contributed by atoms with Crippen LogP contribution in [0.3, 0.4) is 0 Å². The molecule has 4 nitrogen and oxygen atoms in total. The summed E-state index contributed by atoms with van der Waals surface area (Å²) in [7, 11) is 0. The van der Waals surface area contributed by atoms with Crippen LogP contribution in [0.15, 0.2) is 84.9 Å². The summed E-state index contributed by atoms with van der Waals surface area (Å²) in [6.07, 6.45) is 2.02. The summed E-state index contributed by atoms with van der Waals surface area (Å²) < 4.78 is 16.6. The van der Waals surface area contributed by atoms with E-state index in [1.807, 2.05) is 51.1 Å². The number of allylic oxidation sites excluding steroid dienone is 1. The first-order chi connectivity index (χ1) is 16.6. The summed E-state index contributed by atoms with van der Waals surface area (Å²) in [6.45, 7) is 10.6. The van der Waals surface area contributed by atoms with Gasteiger partial charge < -0.3 is 14.2 Å². The predicted octanol–water partition coefficient (Wildman–Crippen LogP) is 7.58. The van der Waals surface area contributed by atoms with E-state index in [9.17, 15) is 4.79 Å². The molecule has 1 unspecified atom stereocenters. The second-order valence-corrected chi connectivity index (χ2v) is 7.38. The number of carbonyl (C=O) groups is 1. The van der Waals surface area contributed by atoms with Crippen molar-refractivity contribution in [3.8, 4) is 22.6 Å². The Bertz CT molecular complexity index is 1010. The van der Waals surface area contributed by atoms with Crippen molar-refractivity contribution in [2.75, 3.05) is 13.2 Å². The zero-order valence-electron chi connectivity index (χ0n) is 20.9. The number of esters is 1. The number of benzene rings is 3. The van der Waals surface area contributed by atoms with Gasteiger partial charge in [0, 0.05) is 0 Å². The molecule has 0 radical (unpaired) electrons. The first kappa shape index (κ1) is 26.7. The van der Waals surface area contributed by atoms with Gasteiger partial charge in [0.2, 0.25) is 0 Å². The van der Waals surface area contributed by atoms with Crippen LogP contribution < -0.4 is 9.47 Å². The van der Waals surface area contributed by atoms with Crippen LogP contribution >= 0.6 is 0 Å². The molecule has 0 aliphatic heterocycles. The first-order valence-corrected chi connectivity index (χ1v) is 12.0. The minimum atomic E-state index is -0.597. The largest absolute Gasteiger partial charge is 0.490 e. The number of hydrogen-bond acceptors (Lipinski definition) is 4. The van der Waals surface area contributed by atoms with Crippen molar-refractivity contribution >= 4 is 11.5 Å². The van der Waals surface area contributed by atoms with Crippen LogP contribution in [0.4, 0.5) is 0 Å². The Morgan fingerprint density at radius 2 is 1.41 bits per heavy atom. The molecular weight excluding hydrogens is 424 g/mol. The average molecular weight is 461 g/mol. The summed E-state index contributed by atoms with van der Waals surface area (Å²) in [4.78, 5) is 11.9. The Hall–Kier alpha value is -3.53. The zero-order chi connectivity index (χ0) is 24.8. The lowest BCUT2D eigenvalue weighted by Gasteiger charge is -2.16. The van der Waals surface area contributed by atoms with Gasteiger partial charge in [-0.3, -0.25) is 0 Å². The summed E-state index contributed by atoms with van der Waals surface area (Å²) in [6, 6.07) is 26.2. The van der Waals surface area contributed by atoms with E-state index >= 15 is 0 Å². The molecule has 0 aliphatic rings. The number of ether oxygens (including phenoxy) is 3. The molecular formula is C30H36O4. The van der Waals surface area contributed by atoms with Gasteiger partial charge in [-0.15, -0.1) is 0 Å². The van der Waals surface area contributed by atoms with Gasteiger partial charge in [-0.05, 0) is 72.9 Å². The second-order valence-electron chi connectivity index (χ2n) is 7.38. The molecule has 0 aromatic heterocycles. The molecule has 0 spiro atoms. The number of hydrogen-bond donors (Lipinski definition) is 0. The third kappa shape index (κ3) is 8.11. The van der Waals surface area contributed by atoms with Crippen molar-refractivity contribution in [1.82, 2.24) is 0 Å². The molecule has 1 atom stereocenters. The fourth-order valence-electron chi connectivity index (χ4n) is 3.25. The third-order valence-electron chi connectivity index (χ3n) is 5.11. The van der Waals surface area contributed by atoms with Crippen LogP contribution in [-0.4, -0.2) is 25.3 Å². The Labute approximate surface area is 204 Å². The molecule has 0 aliphatic carbocycles. The highest BCUT2D eigenvalue weighted by atomic mass is 16.6. The molecule has 0 amide bonds. The van der Waals surface area contributed by atoms with Crippen LogP contribution in [0, 0.1) is 0 Å². The van der Waals surface area contributed by atoms with E-state index in [-0.39, 0.29) is 5.97 Å². The van der Waals surface area contributed by atoms with Crippen molar-refractivity contribution < 1.29 is 19.0 Å². The molecule has 0 fully saturated rings. The van der Waals surface area contributed by atoms with E-state index in [0.29, 0.717) is 25.4 Å². The van der Waals surface area contributed by atoms with Crippen LogP contribution in [0.1, 0.15) is 46.6 Å². The molecule has 0 bridgehead atoms. The van der Waals surface area contributed by atoms with Crippen molar-refractivity contribution in [3.05, 3.63) is 90.5 Å². The van der Waals surface area contributed by atoms with Crippen LogP contribution in [-0.2, 0) is 9.53 Å². The van der Waals surface area contributed by atoms with Crippen molar-refractivity contribution in [1.29, 1.82) is 0 Å². The molecule has 0 saturated carbocycles. The van der Waals surface area contributed by atoms with Crippen molar-refractivity contribution in [2.45, 2.75) is 47.1 Å². The Kier molecular flexibility index (Phi) is 11.5. The molecule has 3 aromatic carbocycles. The van der Waals surface area contributed by atoms with Crippen LogP contribution in [0.25, 0.3) is 16.7 Å². The normalized spacial score (nSPS) is 11.6. The first-order valence-electron chi connectivity index (χ1n) is 12.0. The summed E-state index contributed by atoms with van der Waals surface area (Å²) in [5.41, 5.74) is 4.74. The van der Waals surface area contributed by atoms with Gasteiger partial charge in [0.25, 0.3) is 0 Å². The maximum absolute atomic E-state index is 11.9. The summed E-state index contributed by atoms with van der Waals surface area (Å²) in [5, 5.41) is 0. The van der Waals surface area contributed by atoms with E-state index < -0.39 is 6.10 Å². The van der Waals surface area contributed by atoms with Gasteiger partial charge in [0.05, 0.1) is 6.61 Å². The topological polar surface area (TPSA) is 44.8 Å². The van der Waals surface area contributed by atoms with E-state index in [1.165, 1.54) is 16.7 Å². The highest BCUT2D eigenvalue weighted by molar-refractivity contribution is 5.75. The molecule has 34 heavy (non-hydrogen) atoms. The predicted molar refractivity (Wildman–Crippen MR) is 140 cm³/mol. The molecule has 3 aromatic rings. The zero-order valence-corrected chi connectivity index (χ0v) is 20.9. The lowest BCUT2D eigenvalue weighted by atomic mass is 10.0. The molecule has 180 valence electrons.